The maximum absolute atomic E-state index is 14.2. The van der Waals surface area contributed by atoms with Gasteiger partial charge in [-0.3, -0.25) is 15.0 Å². The molecule has 3 aromatic carbocycles. The predicted octanol–water partition coefficient (Wildman–Crippen LogP) is -1.05. The maximum atomic E-state index is 14.2. The molecule has 1 saturated heterocycles. The lowest BCUT2D eigenvalue weighted by atomic mass is 9.81. The fourth-order valence-electron chi connectivity index (χ4n) is 7.99. The average Bonchev–Trinajstić information content (AvgIpc) is 3.81. The molecule has 0 spiro atoms. The molecular formula is C38H37N5O11. The lowest BCUT2D eigenvalue weighted by Crippen LogP contribution is -3.09. The Labute approximate surface area is 307 Å². The molecule has 3 aromatic rings. The minimum absolute atomic E-state index is 0.00151. The van der Waals surface area contributed by atoms with Gasteiger partial charge in [0.15, 0.2) is 35.4 Å². The van der Waals surface area contributed by atoms with Gasteiger partial charge in [0.2, 0.25) is 12.2 Å². The number of para-hydroxylation sites is 1. The van der Waals surface area contributed by atoms with Crippen molar-refractivity contribution in [2.45, 2.75) is 68.4 Å². The van der Waals surface area contributed by atoms with E-state index in [1.54, 1.807) is 42.5 Å². The van der Waals surface area contributed by atoms with Crippen molar-refractivity contribution in [3.8, 4) is 11.5 Å². The van der Waals surface area contributed by atoms with E-state index in [1.165, 1.54) is 12.1 Å². The van der Waals surface area contributed by atoms with Crippen molar-refractivity contribution in [2.75, 3.05) is 19.9 Å². The van der Waals surface area contributed by atoms with Gasteiger partial charge in [-0.25, -0.2) is 14.9 Å². The molecule has 7 N–H and O–H groups in total. The number of quaternary nitrogens is 1. The van der Waals surface area contributed by atoms with Crippen LogP contribution in [0.5, 0.6) is 11.5 Å². The van der Waals surface area contributed by atoms with Crippen molar-refractivity contribution in [1.29, 1.82) is 5.41 Å². The Morgan fingerprint density at radius 1 is 0.907 bits per heavy atom. The van der Waals surface area contributed by atoms with E-state index in [2.05, 4.69) is 15.0 Å². The van der Waals surface area contributed by atoms with Gasteiger partial charge in [0.25, 0.3) is 5.84 Å². The third-order valence-electron chi connectivity index (χ3n) is 10.6. The molecule has 1 saturated carbocycles. The van der Waals surface area contributed by atoms with Gasteiger partial charge in [-0.15, -0.1) is 0 Å². The number of carbonyl (C=O) groups is 2. The van der Waals surface area contributed by atoms with Crippen LogP contribution in [0.2, 0.25) is 0 Å². The molecule has 6 atom stereocenters. The topological polar surface area (TPSA) is 251 Å². The average molecular weight is 740 g/mol. The number of aliphatic hydroxyl groups is 5. The number of nitrogens with one attached hydrogen (secondary N) is 2. The summed E-state index contributed by atoms with van der Waals surface area (Å²) in [5, 5.41) is 75.0. The molecule has 0 aromatic heterocycles. The molecule has 0 bridgehead atoms. The molecule has 2 fully saturated rings. The highest BCUT2D eigenvalue weighted by atomic mass is 16.7. The third kappa shape index (κ3) is 5.92. The lowest BCUT2D eigenvalue weighted by molar-refractivity contribution is -0.723. The fourth-order valence-corrected chi connectivity index (χ4v) is 7.99. The summed E-state index contributed by atoms with van der Waals surface area (Å²) in [6.45, 7) is -0.730. The van der Waals surface area contributed by atoms with E-state index in [1.807, 2.05) is 0 Å². The van der Waals surface area contributed by atoms with Crippen LogP contribution in [-0.4, -0.2) is 117 Å². The number of fused-ring (bicyclic) bond motifs is 3. The van der Waals surface area contributed by atoms with Crippen LogP contribution in [0.1, 0.15) is 68.7 Å². The number of hydrogen-bond donors (Lipinski definition) is 7. The molecule has 280 valence electrons. The maximum Gasteiger partial charge on any atom is 0.262 e. The summed E-state index contributed by atoms with van der Waals surface area (Å²) in [5.41, 5.74) is 0.190. The van der Waals surface area contributed by atoms with Gasteiger partial charge in [0, 0.05) is 40.1 Å². The number of guanidine groups is 1. The zero-order valence-corrected chi connectivity index (χ0v) is 28.8. The Kier molecular flexibility index (Phi) is 9.21. The predicted molar refractivity (Wildman–Crippen MR) is 188 cm³/mol. The van der Waals surface area contributed by atoms with Gasteiger partial charge in [-0.2, -0.15) is 4.99 Å². The SMILES string of the molecule is N=C1N=C([O-])C2=NC[NH+](c3ccccc3Cc3cc4c(c(OCCO)c3O[C@@H]3O[C@@H](C5(O)CCCC5)[C@H](O)[C@@H](O)[C@@H]3O)C(=O)c3ccccc3C4=O)C2=N1. The first-order chi connectivity index (χ1) is 26.0. The number of carbonyl (C=O) groups excluding carboxylic acids is 2. The summed E-state index contributed by atoms with van der Waals surface area (Å²) in [5.74, 6) is -2.29. The summed E-state index contributed by atoms with van der Waals surface area (Å²) in [6, 6.07) is 14.9. The van der Waals surface area contributed by atoms with Crippen LogP contribution in [0.25, 0.3) is 0 Å². The smallest absolute Gasteiger partial charge is 0.262 e. The number of ether oxygens (including phenoxy) is 3. The highest BCUT2D eigenvalue weighted by molar-refractivity contribution is 6.66. The quantitative estimate of drug-likeness (QED) is 0.109. The summed E-state index contributed by atoms with van der Waals surface area (Å²) in [4.78, 5) is 40.9. The van der Waals surface area contributed by atoms with Gasteiger partial charge < -0.3 is 44.8 Å². The van der Waals surface area contributed by atoms with Crippen LogP contribution >= 0.6 is 0 Å². The number of rotatable bonds is 9. The molecule has 5 aliphatic rings. The summed E-state index contributed by atoms with van der Waals surface area (Å²) in [6.07, 6.45) is -6.50. The van der Waals surface area contributed by atoms with Crippen molar-refractivity contribution >= 4 is 40.7 Å². The minimum Gasteiger partial charge on any atom is -0.857 e. The minimum atomic E-state index is -1.84. The Hall–Kier alpha value is -5.20. The Balaban J connectivity index is 1.27. The fraction of sp³-hybridized carbons (Fsp3) is 0.368. The number of hydrogen-bond acceptors (Lipinski definition) is 13. The van der Waals surface area contributed by atoms with Gasteiger partial charge in [0.1, 0.15) is 36.7 Å². The molecule has 1 unspecified atom stereocenters. The first-order valence-electron chi connectivity index (χ1n) is 17.6. The van der Waals surface area contributed by atoms with Crippen LogP contribution in [0, 0.1) is 5.41 Å². The van der Waals surface area contributed by atoms with Gasteiger partial charge in [-0.1, -0.05) is 55.3 Å². The normalized spacial score (nSPS) is 27.1. The number of aliphatic imine (C=N–C) groups is 3. The summed E-state index contributed by atoms with van der Waals surface area (Å²) in [7, 11) is 0. The molecule has 3 heterocycles. The molecule has 16 nitrogen and oxygen atoms in total. The van der Waals surface area contributed by atoms with Crippen molar-refractivity contribution < 1.29 is 59.3 Å². The second kappa shape index (κ2) is 13.9. The molecule has 8 rings (SSSR count). The van der Waals surface area contributed by atoms with Crippen LogP contribution in [0.4, 0.5) is 5.69 Å². The van der Waals surface area contributed by atoms with Crippen molar-refractivity contribution in [3.05, 3.63) is 88.0 Å². The molecule has 2 aliphatic carbocycles. The van der Waals surface area contributed by atoms with Gasteiger partial charge in [-0.05, 0) is 25.0 Å². The van der Waals surface area contributed by atoms with E-state index in [-0.39, 0.29) is 83.4 Å². The molecule has 0 radical (unpaired) electrons. The number of ketones is 2. The third-order valence-corrected chi connectivity index (χ3v) is 10.6. The number of amidine groups is 1. The second-order valence-corrected chi connectivity index (χ2v) is 13.9. The van der Waals surface area contributed by atoms with Crippen molar-refractivity contribution in [2.24, 2.45) is 15.0 Å². The molecule has 16 heteroatoms. The summed E-state index contributed by atoms with van der Waals surface area (Å²) >= 11 is 0. The van der Waals surface area contributed by atoms with E-state index in [4.69, 9.17) is 19.6 Å². The van der Waals surface area contributed by atoms with Crippen molar-refractivity contribution in [1.82, 2.24) is 0 Å². The first kappa shape index (κ1) is 35.8. The largest absolute Gasteiger partial charge is 0.857 e. The zero-order valence-electron chi connectivity index (χ0n) is 28.8. The standard InChI is InChI=1S/C38H37N5O11/c39-37-41-34-25(35(50)42-37)40-17-43(34)23-10-4-1-7-18(23)15-19-16-22-24(27(46)21-9-3-2-8-20(21)26(22)45)32(52-14-13-44)31(19)53-36-30(49)28(47)29(48)33(54-36)38(51)11-5-6-12-38/h1-4,7-10,16,28-30,33,36,44,47-49,51H,5-6,11-15,17H2,(H2,39,42,50)/t28-,29-,30+,33-,36-/m1/s1. The van der Waals surface area contributed by atoms with Crippen LogP contribution < -0.4 is 19.5 Å². The van der Waals surface area contributed by atoms with E-state index >= 15 is 0 Å². The van der Waals surface area contributed by atoms with Gasteiger partial charge in [0.05, 0.1) is 17.8 Å². The number of aliphatic hydroxyl groups excluding tert-OH is 4. The van der Waals surface area contributed by atoms with Crippen LogP contribution in [-0.2, 0) is 11.2 Å². The molecule has 0 amide bonds. The highest BCUT2D eigenvalue weighted by Gasteiger charge is 2.54. The molecule has 3 aliphatic heterocycles. The second-order valence-electron chi connectivity index (χ2n) is 13.9. The Bertz CT molecular complexity index is 2160. The zero-order chi connectivity index (χ0) is 37.9. The highest BCUT2D eigenvalue weighted by Crippen LogP contribution is 2.46. The summed E-state index contributed by atoms with van der Waals surface area (Å²) < 4.78 is 18.5. The molecule has 54 heavy (non-hydrogen) atoms. The Morgan fingerprint density at radius 3 is 2.35 bits per heavy atom. The lowest BCUT2D eigenvalue weighted by Gasteiger charge is -2.45. The van der Waals surface area contributed by atoms with E-state index in [0.29, 0.717) is 29.0 Å². The Morgan fingerprint density at radius 2 is 1.61 bits per heavy atom. The van der Waals surface area contributed by atoms with Crippen LogP contribution in [0.3, 0.4) is 0 Å². The number of benzene rings is 3. The first-order valence-corrected chi connectivity index (χ1v) is 17.6. The van der Waals surface area contributed by atoms with Gasteiger partial charge >= 0.3 is 0 Å². The van der Waals surface area contributed by atoms with E-state index in [0.717, 1.165) is 0 Å². The van der Waals surface area contributed by atoms with Crippen LogP contribution in [0.15, 0.2) is 69.6 Å². The monoisotopic (exact) mass is 739 g/mol. The molecular weight excluding hydrogens is 702 g/mol. The van der Waals surface area contributed by atoms with E-state index in [9.17, 15) is 40.2 Å². The van der Waals surface area contributed by atoms with E-state index < -0.39 is 66.3 Å². The van der Waals surface area contributed by atoms with Crippen molar-refractivity contribution in [3.63, 3.8) is 0 Å². The number of nitrogens with zero attached hydrogens (tertiary/aromatic N) is 3.